The molecule has 18 heavy (non-hydrogen) atoms. The van der Waals surface area contributed by atoms with Crippen molar-refractivity contribution in [2.24, 2.45) is 5.92 Å². The molecule has 1 rings (SSSR count). The second-order valence-corrected chi connectivity index (χ2v) is 4.46. The van der Waals surface area contributed by atoms with Gasteiger partial charge in [0.15, 0.2) is 0 Å². The molecule has 0 bridgehead atoms. The smallest absolute Gasteiger partial charge is 0.134 e. The van der Waals surface area contributed by atoms with Gasteiger partial charge in [-0.05, 0) is 39.3 Å². The van der Waals surface area contributed by atoms with E-state index < -0.39 is 0 Å². The average molecular weight is 324 g/mol. The monoisotopic (exact) mass is 324 g/mol. The van der Waals surface area contributed by atoms with Crippen LogP contribution in [-0.2, 0) is 37.5 Å². The molecule has 1 N–H and O–H groups in total. The summed E-state index contributed by atoms with van der Waals surface area (Å²) >= 11 is 0. The minimum absolute atomic E-state index is 0. The summed E-state index contributed by atoms with van der Waals surface area (Å²) in [5.74, 6) is 0.546. The van der Waals surface area contributed by atoms with Gasteiger partial charge in [0.2, 0.25) is 0 Å². The maximum absolute atomic E-state index is 11.1. The fourth-order valence-electron chi connectivity index (χ4n) is 2.20. The molecule has 1 atom stereocenters. The van der Waals surface area contributed by atoms with E-state index in [1.807, 2.05) is 11.6 Å². The van der Waals surface area contributed by atoms with Gasteiger partial charge in [0, 0.05) is 45.5 Å². The summed E-state index contributed by atoms with van der Waals surface area (Å²) in [7, 11) is 1.95. The summed E-state index contributed by atoms with van der Waals surface area (Å²) < 4.78 is 1.91. The van der Waals surface area contributed by atoms with Gasteiger partial charge in [0.25, 0.3) is 0 Å². The molecule has 0 aliphatic heterocycles. The van der Waals surface area contributed by atoms with Crippen LogP contribution in [0.1, 0.15) is 26.2 Å². The van der Waals surface area contributed by atoms with E-state index in [0.29, 0.717) is 12.5 Å². The molecule has 0 heterocycles. The molecular weight excluding hydrogens is 301 g/mol. The van der Waals surface area contributed by atoms with Crippen molar-refractivity contribution >= 4 is 12.0 Å². The van der Waals surface area contributed by atoms with Crippen molar-refractivity contribution in [1.29, 1.82) is 0 Å². The predicted molar refractivity (Wildman–Crippen MR) is 70.9 cm³/mol. The zero-order valence-corrected chi connectivity index (χ0v) is 14.3. The molecule has 1 saturated carbocycles. The van der Waals surface area contributed by atoms with Crippen LogP contribution in [-0.4, -0.2) is 36.7 Å². The summed E-state index contributed by atoms with van der Waals surface area (Å²) in [6.45, 7) is 8.57. The summed E-state index contributed by atoms with van der Waals surface area (Å²) in [6, 6.07) is 0. The number of likely N-dealkylation sites (N-methyl/N-ethyl adjacent to an activating group) is 1. The third-order valence-electron chi connectivity index (χ3n) is 3.00. The van der Waals surface area contributed by atoms with Gasteiger partial charge < -0.3 is 14.7 Å². The molecule has 0 spiro atoms. The van der Waals surface area contributed by atoms with Crippen LogP contribution < -0.4 is 5.32 Å². The third-order valence-corrected chi connectivity index (χ3v) is 3.00. The largest absolute Gasteiger partial charge is 0.389 e. The molecular formula is C14H23N2OY-. The Morgan fingerprint density at radius 3 is 2.94 bits per heavy atom. The minimum Gasteiger partial charge on any atom is -0.389 e. The van der Waals surface area contributed by atoms with Gasteiger partial charge in [-0.1, -0.05) is 18.1 Å². The molecule has 0 aromatic carbocycles. The van der Waals surface area contributed by atoms with Crippen LogP contribution in [0.15, 0.2) is 11.6 Å². The summed E-state index contributed by atoms with van der Waals surface area (Å²) in [6.07, 6.45) is 8.00. The summed E-state index contributed by atoms with van der Waals surface area (Å²) in [5.41, 5.74) is 1.48. The van der Waals surface area contributed by atoms with Crippen molar-refractivity contribution in [3.8, 4) is 0 Å². The average Bonchev–Trinajstić information content (AvgIpc) is 2.72. The topological polar surface area (TPSA) is 32.1 Å². The molecule has 1 radical (unpaired) electrons. The Morgan fingerprint density at radius 2 is 2.39 bits per heavy atom. The molecule has 1 fully saturated rings. The van der Waals surface area contributed by atoms with Crippen molar-refractivity contribution < 1.29 is 42.1 Å². The molecule has 0 aromatic heterocycles. The van der Waals surface area contributed by atoms with Crippen LogP contribution in [0.25, 0.3) is 0 Å². The maximum Gasteiger partial charge on any atom is 0.134 e. The summed E-state index contributed by atoms with van der Waals surface area (Å²) in [5, 5.41) is 3.14. The first-order chi connectivity index (χ1) is 8.17. The fourth-order valence-corrected chi connectivity index (χ4v) is 2.20. The van der Waals surface area contributed by atoms with E-state index in [0.717, 1.165) is 6.54 Å². The molecule has 0 amide bonds. The van der Waals surface area contributed by atoms with Crippen LogP contribution in [0, 0.1) is 19.4 Å². The van der Waals surface area contributed by atoms with Crippen molar-refractivity contribution in [3.05, 3.63) is 25.1 Å². The minimum atomic E-state index is 0. The SMILES string of the molecule is [CH2-]C[N+](=C[C@@H]1CCC/C1=C\CNC)[CH-]C(C)=O.[Y]. The van der Waals surface area contributed by atoms with Crippen molar-refractivity contribution in [3.63, 3.8) is 0 Å². The van der Waals surface area contributed by atoms with Gasteiger partial charge in [-0.2, -0.15) is 0 Å². The van der Waals surface area contributed by atoms with Crippen LogP contribution >= 0.6 is 0 Å². The number of Topliss-reactive ketones (excluding diaryl/α,β-unsaturated/α-hetero) is 1. The number of nitrogens with zero attached hydrogens (tertiary/aromatic N) is 1. The third kappa shape index (κ3) is 6.26. The molecule has 3 nitrogen and oxygen atoms in total. The van der Waals surface area contributed by atoms with Gasteiger partial charge >= 0.3 is 0 Å². The quantitative estimate of drug-likeness (QED) is 0.348. The zero-order valence-electron chi connectivity index (χ0n) is 11.5. The van der Waals surface area contributed by atoms with E-state index in [1.165, 1.54) is 24.8 Å². The molecule has 0 aromatic rings. The number of nitrogens with one attached hydrogen (secondary N) is 1. The molecule has 4 heteroatoms. The van der Waals surface area contributed by atoms with Gasteiger partial charge in [0.05, 0.1) is 6.54 Å². The predicted octanol–water partition coefficient (Wildman–Crippen LogP) is 1.60. The van der Waals surface area contributed by atoms with E-state index in [9.17, 15) is 4.79 Å². The van der Waals surface area contributed by atoms with E-state index in [2.05, 4.69) is 24.5 Å². The van der Waals surface area contributed by atoms with Crippen molar-refractivity contribution in [2.75, 3.05) is 20.1 Å². The number of carbonyl (C=O) groups excluding carboxylic acids is 1. The molecule has 1 aliphatic rings. The second kappa shape index (κ2) is 9.88. The Morgan fingerprint density at radius 1 is 1.67 bits per heavy atom. The standard InChI is InChI=1S/C14H23N2O.Y/c1-4-16(10-12(2)17)11-14-7-5-6-13(14)8-9-15-3;/h8,10-11,14-15H,1,4-7,9H2,2-3H3;/q-1;/b13-8+;/t14-;/m0./s1. The first-order valence-electron chi connectivity index (χ1n) is 6.26. The Hall–Kier alpha value is 0.0139. The van der Waals surface area contributed by atoms with Crippen molar-refractivity contribution in [2.45, 2.75) is 26.2 Å². The Balaban J connectivity index is 0.00000289. The fraction of sp³-hybridized carbons (Fsp3) is 0.571. The number of hydrogen-bond donors (Lipinski definition) is 1. The first kappa shape index (κ1) is 18.0. The number of allylic oxidation sites excluding steroid dienone is 1. The maximum atomic E-state index is 11.1. The number of carbonyl (C=O) groups is 1. The van der Waals surface area contributed by atoms with Crippen LogP contribution in [0.4, 0.5) is 0 Å². The zero-order chi connectivity index (χ0) is 12.7. The van der Waals surface area contributed by atoms with Gasteiger partial charge in [-0.25, -0.2) is 0 Å². The molecule has 0 saturated heterocycles. The van der Waals surface area contributed by atoms with E-state index in [4.69, 9.17) is 0 Å². The normalized spacial score (nSPS) is 21.8. The first-order valence-corrected chi connectivity index (χ1v) is 6.26. The Bertz CT molecular complexity index is 324. The molecule has 0 unspecified atom stereocenters. The number of rotatable bonds is 6. The van der Waals surface area contributed by atoms with Crippen LogP contribution in [0.5, 0.6) is 0 Å². The molecule has 1 aliphatic carbocycles. The van der Waals surface area contributed by atoms with E-state index >= 15 is 0 Å². The van der Waals surface area contributed by atoms with Crippen LogP contribution in [0.3, 0.4) is 0 Å². The van der Waals surface area contributed by atoms with Gasteiger partial charge in [-0.15, -0.1) is 0 Å². The Labute approximate surface area is 136 Å². The number of ketones is 1. The van der Waals surface area contributed by atoms with Gasteiger partial charge in [-0.3, -0.25) is 6.92 Å². The van der Waals surface area contributed by atoms with Crippen LogP contribution in [0.2, 0.25) is 0 Å². The van der Waals surface area contributed by atoms with Crippen molar-refractivity contribution in [1.82, 2.24) is 5.32 Å². The molecule has 99 valence electrons. The van der Waals surface area contributed by atoms with E-state index in [-0.39, 0.29) is 38.5 Å². The van der Waals surface area contributed by atoms with Gasteiger partial charge in [0.1, 0.15) is 5.78 Å². The second-order valence-electron chi connectivity index (χ2n) is 4.46. The van der Waals surface area contributed by atoms with E-state index in [1.54, 1.807) is 13.5 Å². The summed E-state index contributed by atoms with van der Waals surface area (Å²) in [4.78, 5) is 11.1. The number of hydrogen-bond acceptors (Lipinski definition) is 2. The Kier molecular flexibility index (Phi) is 9.89.